The van der Waals surface area contributed by atoms with E-state index in [1.165, 1.54) is 18.6 Å². The van der Waals surface area contributed by atoms with Gasteiger partial charge in [0.05, 0.1) is 0 Å². The Hall–Kier alpha value is -3.54. The highest BCUT2D eigenvalue weighted by molar-refractivity contribution is 5.95. The molecule has 1 fully saturated rings. The van der Waals surface area contributed by atoms with Gasteiger partial charge >= 0.3 is 0 Å². The van der Waals surface area contributed by atoms with Crippen LogP contribution in [0.4, 0.5) is 4.39 Å². The lowest BCUT2D eigenvalue weighted by Gasteiger charge is -2.27. The van der Waals surface area contributed by atoms with E-state index in [0.717, 1.165) is 59.4 Å². The van der Waals surface area contributed by atoms with E-state index in [0.29, 0.717) is 5.82 Å². The molecule has 0 radical (unpaired) electrons. The number of aromatic nitrogens is 3. The molecule has 0 spiro atoms. The summed E-state index contributed by atoms with van der Waals surface area (Å²) in [6.07, 6.45) is 5.35. The molecule has 0 aliphatic carbocycles. The van der Waals surface area contributed by atoms with E-state index in [1.54, 1.807) is 12.1 Å². The summed E-state index contributed by atoms with van der Waals surface area (Å²) in [6.45, 7) is 3.71. The molecule has 2 aromatic heterocycles. The number of piperidine rings is 1. The van der Waals surface area contributed by atoms with Crippen LogP contribution in [0, 0.1) is 12.7 Å². The van der Waals surface area contributed by atoms with Crippen molar-refractivity contribution in [2.24, 2.45) is 0 Å². The molecule has 2 aromatic carbocycles. The largest absolute Gasteiger partial charge is 0.339 e. The number of nitrogens with zero attached hydrogens (tertiary/aromatic N) is 4. The van der Waals surface area contributed by atoms with Gasteiger partial charge in [-0.05, 0) is 91.4 Å². The van der Waals surface area contributed by atoms with Crippen molar-refractivity contribution in [2.75, 3.05) is 13.1 Å². The molecule has 31 heavy (non-hydrogen) atoms. The molecule has 1 saturated heterocycles. The highest BCUT2D eigenvalue weighted by Gasteiger charge is 2.19. The maximum Gasteiger partial charge on any atom is 0.253 e. The zero-order chi connectivity index (χ0) is 21.4. The Balaban J connectivity index is 1.49. The fourth-order valence-electron chi connectivity index (χ4n) is 4.25. The maximum atomic E-state index is 13.3. The molecule has 1 aliphatic rings. The number of benzene rings is 2. The SMILES string of the molecule is Cc1cc(C(=O)N2CCCCC2)ccc1-c1ccc2nnc(-c3ccc(F)cc3)n2c1. The molecular weight excluding hydrogens is 391 g/mol. The molecule has 0 unspecified atom stereocenters. The number of rotatable bonds is 3. The van der Waals surface area contributed by atoms with Crippen LogP contribution < -0.4 is 0 Å². The van der Waals surface area contributed by atoms with Crippen molar-refractivity contribution in [2.45, 2.75) is 26.2 Å². The van der Waals surface area contributed by atoms with Gasteiger partial charge < -0.3 is 4.90 Å². The number of hydrogen-bond donors (Lipinski definition) is 0. The topological polar surface area (TPSA) is 50.5 Å². The quantitative estimate of drug-likeness (QED) is 0.467. The smallest absolute Gasteiger partial charge is 0.253 e. The number of fused-ring (bicyclic) bond motifs is 1. The van der Waals surface area contributed by atoms with Crippen molar-refractivity contribution in [3.63, 3.8) is 0 Å². The lowest BCUT2D eigenvalue weighted by atomic mass is 9.98. The number of halogens is 1. The van der Waals surface area contributed by atoms with Crippen molar-refractivity contribution in [3.8, 4) is 22.5 Å². The van der Waals surface area contributed by atoms with E-state index in [4.69, 9.17) is 0 Å². The van der Waals surface area contributed by atoms with Gasteiger partial charge in [0, 0.05) is 30.4 Å². The van der Waals surface area contributed by atoms with E-state index in [9.17, 15) is 9.18 Å². The lowest BCUT2D eigenvalue weighted by Crippen LogP contribution is -2.35. The van der Waals surface area contributed by atoms with Crippen molar-refractivity contribution in [1.82, 2.24) is 19.5 Å². The highest BCUT2D eigenvalue weighted by Crippen LogP contribution is 2.27. The third kappa shape index (κ3) is 3.69. The predicted octanol–water partition coefficient (Wildman–Crippen LogP) is 5.14. The van der Waals surface area contributed by atoms with Gasteiger partial charge in [-0.15, -0.1) is 10.2 Å². The number of carbonyl (C=O) groups excluding carboxylic acids is 1. The summed E-state index contributed by atoms with van der Waals surface area (Å²) in [4.78, 5) is 14.8. The van der Waals surface area contributed by atoms with E-state index in [-0.39, 0.29) is 11.7 Å². The number of pyridine rings is 1. The van der Waals surface area contributed by atoms with Crippen LogP contribution in [-0.2, 0) is 0 Å². The van der Waals surface area contributed by atoms with E-state index < -0.39 is 0 Å². The molecule has 6 heteroatoms. The van der Waals surface area contributed by atoms with Gasteiger partial charge in [0.2, 0.25) is 0 Å². The first-order valence-electron chi connectivity index (χ1n) is 10.6. The van der Waals surface area contributed by atoms with Gasteiger partial charge in [-0.3, -0.25) is 9.20 Å². The van der Waals surface area contributed by atoms with Crippen LogP contribution in [0.1, 0.15) is 35.2 Å². The van der Waals surface area contributed by atoms with Gasteiger partial charge in [0.25, 0.3) is 5.91 Å². The van der Waals surface area contributed by atoms with Crippen LogP contribution >= 0.6 is 0 Å². The van der Waals surface area contributed by atoms with Crippen LogP contribution in [0.15, 0.2) is 60.8 Å². The minimum atomic E-state index is -0.284. The Bertz CT molecular complexity index is 1260. The minimum absolute atomic E-state index is 0.113. The molecule has 0 saturated carbocycles. The number of hydrogen-bond acceptors (Lipinski definition) is 3. The van der Waals surface area contributed by atoms with Crippen LogP contribution in [0.2, 0.25) is 0 Å². The molecule has 0 atom stereocenters. The molecule has 1 aliphatic heterocycles. The molecule has 0 N–H and O–H groups in total. The number of likely N-dealkylation sites (tertiary alicyclic amines) is 1. The fraction of sp³-hybridized carbons (Fsp3) is 0.240. The summed E-state index contributed by atoms with van der Waals surface area (Å²) in [6, 6.07) is 16.1. The standard InChI is InChI=1S/C25H23FN4O/c1-17-15-19(25(31)29-13-3-2-4-14-29)7-11-22(17)20-8-12-23-27-28-24(30(23)16-20)18-5-9-21(26)10-6-18/h5-12,15-16H,2-4,13-14H2,1H3. The molecule has 3 heterocycles. The summed E-state index contributed by atoms with van der Waals surface area (Å²) in [5.41, 5.74) is 5.35. The highest BCUT2D eigenvalue weighted by atomic mass is 19.1. The average Bonchev–Trinajstić information content (AvgIpc) is 3.23. The Morgan fingerprint density at radius 1 is 0.903 bits per heavy atom. The third-order valence-electron chi connectivity index (χ3n) is 5.93. The Labute approximate surface area is 180 Å². The molecule has 1 amide bonds. The molecular formula is C25H23FN4O. The summed E-state index contributed by atoms with van der Waals surface area (Å²) in [5.74, 6) is 0.488. The first-order chi connectivity index (χ1) is 15.1. The molecule has 4 aromatic rings. The Morgan fingerprint density at radius 2 is 1.65 bits per heavy atom. The van der Waals surface area contributed by atoms with Gasteiger partial charge in [-0.25, -0.2) is 4.39 Å². The number of aryl methyl sites for hydroxylation is 1. The molecule has 0 bridgehead atoms. The van der Waals surface area contributed by atoms with Crippen LogP contribution in [0.5, 0.6) is 0 Å². The number of carbonyl (C=O) groups is 1. The average molecular weight is 414 g/mol. The van der Waals surface area contributed by atoms with Crippen LogP contribution in [0.25, 0.3) is 28.2 Å². The second-order valence-electron chi connectivity index (χ2n) is 8.06. The maximum absolute atomic E-state index is 13.3. The summed E-state index contributed by atoms with van der Waals surface area (Å²) < 4.78 is 15.2. The Morgan fingerprint density at radius 3 is 2.39 bits per heavy atom. The first kappa shape index (κ1) is 19.4. The van der Waals surface area contributed by atoms with E-state index in [1.807, 2.05) is 52.8 Å². The zero-order valence-corrected chi connectivity index (χ0v) is 17.4. The van der Waals surface area contributed by atoms with Crippen molar-refractivity contribution in [1.29, 1.82) is 0 Å². The predicted molar refractivity (Wildman–Crippen MR) is 118 cm³/mol. The Kier molecular flexibility index (Phi) is 4.98. The fourth-order valence-corrected chi connectivity index (χ4v) is 4.25. The van der Waals surface area contributed by atoms with Crippen molar-refractivity contribution < 1.29 is 9.18 Å². The first-order valence-corrected chi connectivity index (χ1v) is 10.6. The molecule has 5 rings (SSSR count). The second-order valence-corrected chi connectivity index (χ2v) is 8.06. The molecule has 156 valence electrons. The minimum Gasteiger partial charge on any atom is -0.339 e. The third-order valence-corrected chi connectivity index (χ3v) is 5.93. The van der Waals surface area contributed by atoms with Gasteiger partial charge in [-0.1, -0.05) is 6.07 Å². The lowest BCUT2D eigenvalue weighted by molar-refractivity contribution is 0.0724. The normalized spacial score (nSPS) is 14.2. The zero-order valence-electron chi connectivity index (χ0n) is 17.4. The van der Waals surface area contributed by atoms with E-state index in [2.05, 4.69) is 10.2 Å². The summed E-state index contributed by atoms with van der Waals surface area (Å²) in [7, 11) is 0. The van der Waals surface area contributed by atoms with Gasteiger partial charge in [0.15, 0.2) is 11.5 Å². The van der Waals surface area contributed by atoms with Crippen LogP contribution in [0.3, 0.4) is 0 Å². The van der Waals surface area contributed by atoms with Gasteiger partial charge in [-0.2, -0.15) is 0 Å². The van der Waals surface area contributed by atoms with Crippen molar-refractivity contribution in [3.05, 3.63) is 77.7 Å². The second kappa shape index (κ2) is 7.95. The van der Waals surface area contributed by atoms with E-state index >= 15 is 0 Å². The van der Waals surface area contributed by atoms with Crippen LogP contribution in [-0.4, -0.2) is 38.5 Å². The monoisotopic (exact) mass is 414 g/mol. The van der Waals surface area contributed by atoms with Gasteiger partial charge in [0.1, 0.15) is 5.82 Å². The molecule has 5 nitrogen and oxygen atoms in total. The summed E-state index contributed by atoms with van der Waals surface area (Å²) >= 11 is 0. The van der Waals surface area contributed by atoms with Crippen molar-refractivity contribution >= 4 is 11.6 Å². The summed E-state index contributed by atoms with van der Waals surface area (Å²) in [5, 5.41) is 8.51. The number of amides is 1.